The number of carbonyl (C=O) groups excluding carboxylic acids is 1. The Kier molecular flexibility index (Phi) is 5.45. The van der Waals surface area contributed by atoms with Crippen LogP contribution in [0.2, 0.25) is 0 Å². The first-order valence-corrected chi connectivity index (χ1v) is 10.8. The highest BCUT2D eigenvalue weighted by atomic mass is 19.4. The van der Waals surface area contributed by atoms with E-state index >= 15 is 0 Å². The van der Waals surface area contributed by atoms with E-state index in [1.807, 2.05) is 0 Å². The average molecular weight is 472 g/mol. The van der Waals surface area contributed by atoms with E-state index < -0.39 is 23.7 Å². The number of halogens is 4. The number of amides is 1. The van der Waals surface area contributed by atoms with Gasteiger partial charge in [0.2, 0.25) is 5.88 Å². The van der Waals surface area contributed by atoms with Crippen LogP contribution in [0.25, 0.3) is 11.3 Å². The molecule has 0 N–H and O–H groups in total. The first kappa shape index (κ1) is 22.2. The molecule has 1 aliphatic heterocycles. The molecule has 5 rings (SSSR count). The summed E-state index contributed by atoms with van der Waals surface area (Å²) in [6.07, 6.45) is -1.34. The molecule has 0 spiro atoms. The molecule has 0 aromatic carbocycles. The summed E-state index contributed by atoms with van der Waals surface area (Å²) in [6.45, 7) is 2.25. The number of nitrogens with zero attached hydrogens (tertiary/aromatic N) is 4. The van der Waals surface area contributed by atoms with Crippen molar-refractivity contribution in [1.29, 1.82) is 0 Å². The minimum atomic E-state index is -4.48. The summed E-state index contributed by atoms with van der Waals surface area (Å²) in [6, 6.07) is 7.89. The lowest BCUT2D eigenvalue weighted by Crippen LogP contribution is -2.47. The van der Waals surface area contributed by atoms with Crippen molar-refractivity contribution in [2.45, 2.75) is 38.1 Å². The van der Waals surface area contributed by atoms with Gasteiger partial charge in [0.25, 0.3) is 5.91 Å². The molecule has 1 amide bonds. The van der Waals surface area contributed by atoms with Crippen LogP contribution in [-0.2, 0) is 6.18 Å². The maximum Gasteiger partial charge on any atom is 0.417 e. The molecule has 1 saturated heterocycles. The van der Waals surface area contributed by atoms with Crippen molar-refractivity contribution >= 4 is 5.91 Å². The fourth-order valence-electron chi connectivity index (χ4n) is 4.73. The Morgan fingerprint density at radius 2 is 1.94 bits per heavy atom. The second-order valence-electron chi connectivity index (χ2n) is 8.58. The second-order valence-corrected chi connectivity index (χ2v) is 8.58. The number of ether oxygens (including phenoxy) is 1. The Morgan fingerprint density at radius 3 is 2.62 bits per heavy atom. The van der Waals surface area contributed by atoms with Gasteiger partial charge in [-0.2, -0.15) is 13.2 Å². The number of alkyl halides is 3. The highest BCUT2D eigenvalue weighted by molar-refractivity contribution is 5.99. The molecular weight excluding hydrogens is 452 g/mol. The number of rotatable bonds is 4. The summed E-state index contributed by atoms with van der Waals surface area (Å²) in [5.74, 6) is -0.652. The van der Waals surface area contributed by atoms with E-state index in [0.717, 1.165) is 12.3 Å². The third-order valence-electron chi connectivity index (χ3n) is 6.27. The molecule has 1 aliphatic carbocycles. The molecule has 2 bridgehead atoms. The zero-order valence-electron chi connectivity index (χ0n) is 18.1. The van der Waals surface area contributed by atoms with Gasteiger partial charge in [0.05, 0.1) is 11.6 Å². The zero-order chi connectivity index (χ0) is 24.0. The molecule has 34 heavy (non-hydrogen) atoms. The van der Waals surface area contributed by atoms with E-state index in [9.17, 15) is 22.4 Å². The minimum absolute atomic E-state index is 0.0458. The Labute approximate surface area is 192 Å². The minimum Gasteiger partial charge on any atom is -0.472 e. The molecule has 2 fully saturated rings. The van der Waals surface area contributed by atoms with Gasteiger partial charge in [0, 0.05) is 36.3 Å². The largest absolute Gasteiger partial charge is 0.472 e. The normalized spacial score (nSPS) is 21.7. The molecule has 3 aromatic heterocycles. The fraction of sp³-hybridized carbons (Fsp3) is 0.333. The molecule has 3 aromatic rings. The predicted octanol–water partition coefficient (Wildman–Crippen LogP) is 4.69. The van der Waals surface area contributed by atoms with Crippen LogP contribution in [0.4, 0.5) is 17.6 Å². The predicted molar refractivity (Wildman–Crippen MR) is 113 cm³/mol. The molecular formula is C24H20F4N4O2. The van der Waals surface area contributed by atoms with Gasteiger partial charge in [-0.25, -0.2) is 14.4 Å². The quantitative estimate of drug-likeness (QED) is 0.516. The number of pyridine rings is 3. The average Bonchev–Trinajstić information content (AvgIpc) is 3.40. The summed E-state index contributed by atoms with van der Waals surface area (Å²) >= 11 is 0. The van der Waals surface area contributed by atoms with Crippen LogP contribution in [0.3, 0.4) is 0 Å². The summed E-state index contributed by atoms with van der Waals surface area (Å²) in [5.41, 5.74) is 0.207. The molecule has 0 unspecified atom stereocenters. The van der Waals surface area contributed by atoms with Crippen molar-refractivity contribution in [3.63, 3.8) is 0 Å². The van der Waals surface area contributed by atoms with E-state index in [4.69, 9.17) is 4.74 Å². The van der Waals surface area contributed by atoms with Crippen LogP contribution >= 0.6 is 0 Å². The van der Waals surface area contributed by atoms with Gasteiger partial charge in [-0.1, -0.05) is 0 Å². The Morgan fingerprint density at radius 1 is 1.12 bits per heavy atom. The SMILES string of the molecule is Cc1ccc(-c2ncccc2F)c(C(=O)N2C[C@H]3C[C@@H](Oc4ccc(C(F)(F)F)cn4)[C@@H]2C3)n1. The molecule has 176 valence electrons. The molecule has 6 nitrogen and oxygen atoms in total. The lowest BCUT2D eigenvalue weighted by Gasteiger charge is -2.33. The molecule has 4 heterocycles. The molecule has 0 radical (unpaired) electrons. The van der Waals surface area contributed by atoms with E-state index in [1.54, 1.807) is 24.0 Å². The summed E-state index contributed by atoms with van der Waals surface area (Å²) in [5, 5.41) is 0. The topological polar surface area (TPSA) is 68.2 Å². The second kappa shape index (κ2) is 8.34. The molecule has 1 saturated carbocycles. The number of likely N-dealkylation sites (tertiary alicyclic amines) is 1. The monoisotopic (exact) mass is 472 g/mol. The van der Waals surface area contributed by atoms with Crippen molar-refractivity contribution < 1.29 is 27.1 Å². The highest BCUT2D eigenvalue weighted by Crippen LogP contribution is 2.41. The fourth-order valence-corrected chi connectivity index (χ4v) is 4.73. The van der Waals surface area contributed by atoms with Gasteiger partial charge in [-0.05, 0) is 56.0 Å². The number of carbonyl (C=O) groups is 1. The Bertz CT molecular complexity index is 1230. The third-order valence-corrected chi connectivity index (χ3v) is 6.27. The van der Waals surface area contributed by atoms with Gasteiger partial charge in [0.15, 0.2) is 0 Å². The van der Waals surface area contributed by atoms with Gasteiger partial charge in [-0.3, -0.25) is 9.78 Å². The number of aryl methyl sites for hydroxylation is 1. The van der Waals surface area contributed by atoms with Crippen LogP contribution in [0.15, 0.2) is 48.8 Å². The van der Waals surface area contributed by atoms with Crippen LogP contribution in [0.1, 0.15) is 34.6 Å². The lowest BCUT2D eigenvalue weighted by molar-refractivity contribution is -0.137. The van der Waals surface area contributed by atoms with Crippen molar-refractivity contribution in [2.24, 2.45) is 5.92 Å². The van der Waals surface area contributed by atoms with E-state index in [-0.39, 0.29) is 35.1 Å². The van der Waals surface area contributed by atoms with Crippen molar-refractivity contribution in [3.8, 4) is 17.1 Å². The number of hydrogen-bond donors (Lipinski definition) is 0. The van der Waals surface area contributed by atoms with Crippen molar-refractivity contribution in [2.75, 3.05) is 6.54 Å². The Balaban J connectivity index is 1.39. The first-order valence-electron chi connectivity index (χ1n) is 10.8. The summed E-state index contributed by atoms with van der Waals surface area (Å²) in [7, 11) is 0. The van der Waals surface area contributed by atoms with Gasteiger partial charge < -0.3 is 9.64 Å². The van der Waals surface area contributed by atoms with Gasteiger partial charge >= 0.3 is 6.18 Å². The van der Waals surface area contributed by atoms with Crippen molar-refractivity contribution in [1.82, 2.24) is 19.9 Å². The molecule has 2 aliphatic rings. The summed E-state index contributed by atoms with van der Waals surface area (Å²) in [4.78, 5) is 27.5. The lowest BCUT2D eigenvalue weighted by atomic mass is 10.0. The number of hydrogen-bond acceptors (Lipinski definition) is 5. The van der Waals surface area contributed by atoms with Crippen LogP contribution in [0.5, 0.6) is 5.88 Å². The standard InChI is InChI=1S/C24H20F4N4O2/c1-13-4-6-16(21-17(25)3-2-8-29-21)22(31-13)23(33)32-12-14-9-18(32)19(10-14)34-20-7-5-15(11-30-20)24(26,27)28/h2-8,11,14,18-19H,9-10,12H2,1H3/t14-,18+,19-/m1/s1. The van der Waals surface area contributed by atoms with E-state index in [1.165, 1.54) is 24.4 Å². The van der Waals surface area contributed by atoms with Crippen molar-refractivity contribution in [3.05, 3.63) is 71.6 Å². The van der Waals surface area contributed by atoms with Gasteiger partial charge in [0.1, 0.15) is 23.3 Å². The van der Waals surface area contributed by atoms with E-state index in [2.05, 4.69) is 15.0 Å². The van der Waals surface area contributed by atoms with Gasteiger partial charge in [-0.15, -0.1) is 0 Å². The smallest absolute Gasteiger partial charge is 0.417 e. The third kappa shape index (κ3) is 4.08. The maximum atomic E-state index is 14.4. The van der Waals surface area contributed by atoms with Crippen LogP contribution in [-0.4, -0.2) is 44.4 Å². The number of fused-ring (bicyclic) bond motifs is 2. The van der Waals surface area contributed by atoms with E-state index in [0.29, 0.717) is 30.6 Å². The first-order chi connectivity index (χ1) is 16.2. The Hall–Kier alpha value is -3.56. The maximum absolute atomic E-state index is 14.4. The van der Waals surface area contributed by atoms with Crippen LogP contribution in [0, 0.1) is 18.7 Å². The van der Waals surface area contributed by atoms with Crippen LogP contribution < -0.4 is 4.74 Å². The summed E-state index contributed by atoms with van der Waals surface area (Å²) < 4.78 is 58.7. The number of piperidine rings is 1. The molecule has 10 heteroatoms. The number of aromatic nitrogens is 3. The highest BCUT2D eigenvalue weighted by Gasteiger charge is 2.49. The zero-order valence-corrected chi connectivity index (χ0v) is 18.1. The molecule has 3 atom stereocenters.